The molecule has 2 aliphatic heterocycles. The maximum absolute atomic E-state index is 13.5. The van der Waals surface area contributed by atoms with Gasteiger partial charge in [0, 0.05) is 37.1 Å². The first-order valence-corrected chi connectivity index (χ1v) is 14.5. The zero-order valence-corrected chi connectivity index (χ0v) is 22.2. The first-order chi connectivity index (χ1) is 17.4. The van der Waals surface area contributed by atoms with Crippen molar-refractivity contribution in [2.75, 3.05) is 39.8 Å². The molecule has 2 aromatic carbocycles. The topological polar surface area (TPSA) is 70.2 Å². The predicted octanol–water partition coefficient (Wildman–Crippen LogP) is 3.63. The van der Waals surface area contributed by atoms with Crippen LogP contribution in [0.5, 0.6) is 5.75 Å². The quantitative estimate of drug-likeness (QED) is 0.492. The molecule has 190 valence electrons. The van der Waals surface area contributed by atoms with E-state index in [1.165, 1.54) is 14.7 Å². The summed E-state index contributed by atoms with van der Waals surface area (Å²) in [6.07, 6.45) is 0.923. The van der Waals surface area contributed by atoms with Crippen molar-refractivity contribution in [3.8, 4) is 5.75 Å². The fourth-order valence-electron chi connectivity index (χ4n) is 5.24. The lowest BCUT2D eigenvalue weighted by molar-refractivity contribution is -0.135. The minimum absolute atomic E-state index is 0.00651. The van der Waals surface area contributed by atoms with Crippen LogP contribution in [-0.2, 0) is 21.2 Å². The first-order valence-electron chi connectivity index (χ1n) is 12.2. The van der Waals surface area contributed by atoms with Crippen molar-refractivity contribution in [1.29, 1.82) is 0 Å². The Morgan fingerprint density at radius 3 is 2.47 bits per heavy atom. The number of fused-ring (bicyclic) bond motifs is 1. The molecule has 2 atom stereocenters. The van der Waals surface area contributed by atoms with Crippen LogP contribution in [0.2, 0.25) is 0 Å². The Morgan fingerprint density at radius 1 is 1.03 bits per heavy atom. The first kappa shape index (κ1) is 25.0. The molecular formula is C27H31N3O4S2. The largest absolute Gasteiger partial charge is 0.497 e. The molecule has 1 saturated heterocycles. The Balaban J connectivity index is 1.30. The van der Waals surface area contributed by atoms with Gasteiger partial charge in [-0.05, 0) is 60.2 Å². The van der Waals surface area contributed by atoms with Crippen LogP contribution in [0.1, 0.15) is 29.0 Å². The lowest BCUT2D eigenvalue weighted by Crippen LogP contribution is -2.57. The van der Waals surface area contributed by atoms with Crippen molar-refractivity contribution in [2.24, 2.45) is 0 Å². The minimum Gasteiger partial charge on any atom is -0.497 e. The molecule has 0 bridgehead atoms. The summed E-state index contributed by atoms with van der Waals surface area (Å²) in [5.74, 6) is 0.843. The van der Waals surface area contributed by atoms with E-state index in [4.69, 9.17) is 4.74 Å². The molecule has 0 spiro atoms. The SMILES string of the molecule is COc1ccc([C@H]2c3ccsc3CCN2CC(=O)N2CCN(S(=O)(=O)c3ccccc3)[C@H](C)C2)cc1. The van der Waals surface area contributed by atoms with Crippen LogP contribution < -0.4 is 4.74 Å². The van der Waals surface area contributed by atoms with Crippen LogP contribution >= 0.6 is 11.3 Å². The van der Waals surface area contributed by atoms with Crippen molar-refractivity contribution in [3.05, 3.63) is 82.0 Å². The molecule has 0 unspecified atom stereocenters. The van der Waals surface area contributed by atoms with E-state index >= 15 is 0 Å². The van der Waals surface area contributed by atoms with E-state index in [-0.39, 0.29) is 18.0 Å². The molecule has 1 amide bonds. The summed E-state index contributed by atoms with van der Waals surface area (Å²) in [6, 6.07) is 18.4. The normalized spacial score (nSPS) is 21.2. The van der Waals surface area contributed by atoms with Gasteiger partial charge in [0.2, 0.25) is 15.9 Å². The Kier molecular flexibility index (Phi) is 7.16. The second-order valence-corrected chi connectivity index (χ2v) is 12.2. The monoisotopic (exact) mass is 525 g/mol. The Hall–Kier alpha value is -2.72. The number of hydrogen-bond acceptors (Lipinski definition) is 6. The van der Waals surface area contributed by atoms with Crippen molar-refractivity contribution < 1.29 is 17.9 Å². The maximum Gasteiger partial charge on any atom is 0.243 e. The number of carbonyl (C=O) groups is 1. The van der Waals surface area contributed by atoms with Crippen molar-refractivity contribution in [1.82, 2.24) is 14.1 Å². The Labute approximate surface area is 217 Å². The average Bonchev–Trinajstić information content (AvgIpc) is 3.38. The van der Waals surface area contributed by atoms with Gasteiger partial charge in [-0.25, -0.2) is 8.42 Å². The summed E-state index contributed by atoms with van der Waals surface area (Å²) in [6.45, 7) is 4.03. The van der Waals surface area contributed by atoms with E-state index in [1.807, 2.05) is 24.0 Å². The van der Waals surface area contributed by atoms with Crippen molar-refractivity contribution in [2.45, 2.75) is 30.3 Å². The number of nitrogens with zero attached hydrogens (tertiary/aromatic N) is 3. The summed E-state index contributed by atoms with van der Waals surface area (Å²) < 4.78 is 33.1. The van der Waals surface area contributed by atoms with Gasteiger partial charge in [0.05, 0.1) is 24.6 Å². The third kappa shape index (κ3) is 4.80. The van der Waals surface area contributed by atoms with Gasteiger partial charge in [-0.15, -0.1) is 11.3 Å². The van der Waals surface area contributed by atoms with Gasteiger partial charge >= 0.3 is 0 Å². The fourth-order valence-corrected chi connectivity index (χ4v) is 7.78. The number of benzene rings is 2. The lowest BCUT2D eigenvalue weighted by Gasteiger charge is -2.41. The van der Waals surface area contributed by atoms with E-state index in [0.29, 0.717) is 31.1 Å². The molecule has 0 aliphatic carbocycles. The van der Waals surface area contributed by atoms with Gasteiger partial charge in [-0.2, -0.15) is 4.31 Å². The zero-order valence-electron chi connectivity index (χ0n) is 20.5. The van der Waals surface area contributed by atoms with Crippen molar-refractivity contribution in [3.63, 3.8) is 0 Å². The molecule has 3 heterocycles. The van der Waals surface area contributed by atoms with Gasteiger partial charge in [0.1, 0.15) is 5.75 Å². The molecule has 0 saturated carbocycles. The van der Waals surface area contributed by atoms with Crippen LogP contribution in [0.25, 0.3) is 0 Å². The number of thiophene rings is 1. The summed E-state index contributed by atoms with van der Waals surface area (Å²) in [7, 11) is -1.93. The van der Waals surface area contributed by atoms with Gasteiger partial charge < -0.3 is 9.64 Å². The van der Waals surface area contributed by atoms with Crippen LogP contribution in [-0.4, -0.2) is 74.3 Å². The number of sulfonamides is 1. The van der Waals surface area contributed by atoms with Gasteiger partial charge in [0.25, 0.3) is 0 Å². The number of methoxy groups -OCH3 is 1. The van der Waals surface area contributed by atoms with Crippen LogP contribution in [0.3, 0.4) is 0 Å². The van der Waals surface area contributed by atoms with E-state index in [9.17, 15) is 13.2 Å². The number of rotatable bonds is 6. The maximum atomic E-state index is 13.5. The Morgan fingerprint density at radius 2 is 1.78 bits per heavy atom. The highest BCUT2D eigenvalue weighted by Crippen LogP contribution is 2.38. The number of ether oxygens (including phenoxy) is 1. The summed E-state index contributed by atoms with van der Waals surface area (Å²) >= 11 is 1.77. The van der Waals surface area contributed by atoms with E-state index in [1.54, 1.807) is 48.8 Å². The third-order valence-corrected chi connectivity index (χ3v) is 10.1. The van der Waals surface area contributed by atoms with Gasteiger partial charge in [-0.3, -0.25) is 9.69 Å². The fraction of sp³-hybridized carbons (Fsp3) is 0.370. The van der Waals surface area contributed by atoms with Crippen molar-refractivity contribution >= 4 is 27.3 Å². The van der Waals surface area contributed by atoms with Crippen LogP contribution in [0.4, 0.5) is 0 Å². The highest BCUT2D eigenvalue weighted by atomic mass is 32.2. The lowest BCUT2D eigenvalue weighted by atomic mass is 9.93. The molecule has 9 heteroatoms. The predicted molar refractivity (Wildman–Crippen MR) is 141 cm³/mol. The van der Waals surface area contributed by atoms with E-state index in [2.05, 4.69) is 28.5 Å². The molecular weight excluding hydrogens is 494 g/mol. The smallest absolute Gasteiger partial charge is 0.243 e. The highest BCUT2D eigenvalue weighted by molar-refractivity contribution is 7.89. The zero-order chi connectivity index (χ0) is 25.3. The molecule has 1 aromatic heterocycles. The van der Waals surface area contributed by atoms with Gasteiger partial charge in [-0.1, -0.05) is 30.3 Å². The number of piperazine rings is 1. The standard InChI is InChI=1S/C27H31N3O4S2/c1-20-18-28(15-16-30(20)36(32,33)23-6-4-3-5-7-23)26(31)19-29-14-12-25-24(13-17-35-25)27(29)21-8-10-22(34-2)11-9-21/h3-11,13,17,20,27H,12,14-16,18-19H2,1-2H3/t20-,27+/m1/s1. The second kappa shape index (κ2) is 10.3. The van der Waals surface area contributed by atoms with Gasteiger partial charge in [0.15, 0.2) is 0 Å². The molecule has 0 N–H and O–H groups in total. The highest BCUT2D eigenvalue weighted by Gasteiger charge is 2.37. The average molecular weight is 526 g/mol. The molecule has 1 fully saturated rings. The molecule has 2 aliphatic rings. The molecule has 7 nitrogen and oxygen atoms in total. The second-order valence-electron chi connectivity index (χ2n) is 9.31. The number of amides is 1. The number of carbonyl (C=O) groups excluding carboxylic acids is 1. The molecule has 3 aromatic rings. The molecule has 0 radical (unpaired) electrons. The summed E-state index contributed by atoms with van der Waals surface area (Å²) in [5, 5.41) is 2.13. The van der Waals surface area contributed by atoms with Crippen LogP contribution in [0.15, 0.2) is 70.9 Å². The Bertz CT molecular complexity index is 1310. The number of hydrogen-bond donors (Lipinski definition) is 0. The third-order valence-electron chi connectivity index (χ3n) is 7.10. The minimum atomic E-state index is -3.59. The van der Waals surface area contributed by atoms with Crippen LogP contribution in [0, 0.1) is 0 Å². The summed E-state index contributed by atoms with van der Waals surface area (Å²) in [4.78, 5) is 19.2. The summed E-state index contributed by atoms with van der Waals surface area (Å²) in [5.41, 5.74) is 2.39. The van der Waals surface area contributed by atoms with E-state index in [0.717, 1.165) is 24.3 Å². The van der Waals surface area contributed by atoms with E-state index < -0.39 is 10.0 Å². The molecule has 5 rings (SSSR count). The molecule has 36 heavy (non-hydrogen) atoms.